The number of halogens is 1. The van der Waals surface area contributed by atoms with E-state index in [-0.39, 0.29) is 0 Å². The molecular weight excluding hydrogens is 220 g/mol. The highest BCUT2D eigenvalue weighted by Gasteiger charge is 2.11. The van der Waals surface area contributed by atoms with Crippen LogP contribution in [0.25, 0.3) is 11.3 Å². The van der Waals surface area contributed by atoms with Gasteiger partial charge in [-0.2, -0.15) is 0 Å². The monoisotopic (exact) mass is 230 g/mol. The van der Waals surface area contributed by atoms with Crippen molar-refractivity contribution in [3.05, 3.63) is 46.9 Å². The zero-order chi connectivity index (χ0) is 11.0. The van der Waals surface area contributed by atoms with Crippen LogP contribution < -0.4 is 0 Å². The fourth-order valence-corrected chi connectivity index (χ4v) is 2.37. The van der Waals surface area contributed by atoms with Crippen LogP contribution >= 0.6 is 11.6 Å². The van der Waals surface area contributed by atoms with Crippen molar-refractivity contribution in [2.75, 3.05) is 0 Å². The largest absolute Gasteiger partial charge is 0.226 e. The van der Waals surface area contributed by atoms with E-state index in [0.29, 0.717) is 5.28 Å². The number of nitrogens with zero attached hydrogens (tertiary/aromatic N) is 2. The van der Waals surface area contributed by atoms with Crippen molar-refractivity contribution in [3.63, 3.8) is 0 Å². The van der Waals surface area contributed by atoms with Crippen LogP contribution in [-0.2, 0) is 12.8 Å². The Balaban J connectivity index is 2.07. The Kier molecular flexibility index (Phi) is 2.37. The summed E-state index contributed by atoms with van der Waals surface area (Å²) in [6.07, 6.45) is 5.35. The predicted octanol–water partition coefficient (Wildman–Crippen LogP) is 3.29. The number of hydrogen-bond donors (Lipinski definition) is 0. The minimum Gasteiger partial charge on any atom is -0.226 e. The summed E-state index contributed by atoms with van der Waals surface area (Å²) in [6, 6.07) is 8.43. The van der Waals surface area contributed by atoms with Crippen LogP contribution in [0.3, 0.4) is 0 Å². The molecule has 0 fully saturated rings. The fraction of sp³-hybridized carbons (Fsp3) is 0.231. The molecule has 0 atom stereocenters. The second-order valence-electron chi connectivity index (χ2n) is 4.05. The van der Waals surface area contributed by atoms with Crippen molar-refractivity contribution in [3.8, 4) is 11.3 Å². The molecule has 0 aliphatic heterocycles. The van der Waals surface area contributed by atoms with Gasteiger partial charge >= 0.3 is 0 Å². The van der Waals surface area contributed by atoms with Crippen molar-refractivity contribution in [1.82, 2.24) is 9.97 Å². The van der Waals surface area contributed by atoms with E-state index >= 15 is 0 Å². The smallest absolute Gasteiger partial charge is 0.222 e. The zero-order valence-electron chi connectivity index (χ0n) is 8.78. The van der Waals surface area contributed by atoms with Gasteiger partial charge in [0.2, 0.25) is 5.28 Å². The van der Waals surface area contributed by atoms with Crippen LogP contribution in [-0.4, -0.2) is 9.97 Å². The minimum atomic E-state index is 0.304. The maximum absolute atomic E-state index is 5.79. The Morgan fingerprint density at radius 3 is 2.81 bits per heavy atom. The van der Waals surface area contributed by atoms with E-state index in [1.54, 1.807) is 6.20 Å². The quantitative estimate of drug-likeness (QED) is 0.703. The molecule has 1 aromatic heterocycles. The Labute approximate surface area is 99.3 Å². The van der Waals surface area contributed by atoms with Crippen LogP contribution in [0.4, 0.5) is 0 Å². The van der Waals surface area contributed by atoms with Gasteiger partial charge in [-0.25, -0.2) is 9.97 Å². The normalized spacial score (nSPS) is 13.8. The second-order valence-corrected chi connectivity index (χ2v) is 4.39. The summed E-state index contributed by atoms with van der Waals surface area (Å²) in [5.41, 5.74) is 4.95. The fourth-order valence-electron chi connectivity index (χ4n) is 2.23. The summed E-state index contributed by atoms with van der Waals surface area (Å²) in [6.45, 7) is 0. The molecule has 3 heteroatoms. The molecule has 0 N–H and O–H groups in total. The first-order valence-electron chi connectivity index (χ1n) is 5.44. The van der Waals surface area contributed by atoms with Crippen molar-refractivity contribution < 1.29 is 0 Å². The third-order valence-corrected chi connectivity index (χ3v) is 3.20. The summed E-state index contributed by atoms with van der Waals surface area (Å²) in [5, 5.41) is 0.304. The lowest BCUT2D eigenvalue weighted by atomic mass is 10.0. The first-order chi connectivity index (χ1) is 7.83. The van der Waals surface area contributed by atoms with E-state index < -0.39 is 0 Å². The van der Waals surface area contributed by atoms with Gasteiger partial charge < -0.3 is 0 Å². The highest BCUT2D eigenvalue weighted by Crippen LogP contribution is 2.27. The molecule has 80 valence electrons. The van der Waals surface area contributed by atoms with Gasteiger partial charge in [0.05, 0.1) is 5.69 Å². The molecule has 0 unspecified atom stereocenters. The molecule has 2 nitrogen and oxygen atoms in total. The van der Waals surface area contributed by atoms with Gasteiger partial charge in [-0.05, 0) is 54.1 Å². The summed E-state index contributed by atoms with van der Waals surface area (Å²) < 4.78 is 0. The molecular formula is C13H11ClN2. The number of benzene rings is 1. The number of aromatic nitrogens is 2. The van der Waals surface area contributed by atoms with Gasteiger partial charge in [-0.3, -0.25) is 0 Å². The van der Waals surface area contributed by atoms with Crippen molar-refractivity contribution in [1.29, 1.82) is 0 Å². The van der Waals surface area contributed by atoms with Crippen molar-refractivity contribution in [2.24, 2.45) is 0 Å². The molecule has 16 heavy (non-hydrogen) atoms. The number of fused-ring (bicyclic) bond motifs is 1. The maximum atomic E-state index is 5.79. The Morgan fingerprint density at radius 1 is 1.06 bits per heavy atom. The topological polar surface area (TPSA) is 25.8 Å². The molecule has 0 spiro atoms. The van der Waals surface area contributed by atoms with E-state index in [0.717, 1.165) is 11.3 Å². The van der Waals surface area contributed by atoms with E-state index in [2.05, 4.69) is 28.2 Å². The zero-order valence-corrected chi connectivity index (χ0v) is 9.54. The lowest BCUT2D eigenvalue weighted by Gasteiger charge is -2.04. The minimum absolute atomic E-state index is 0.304. The lowest BCUT2D eigenvalue weighted by Crippen LogP contribution is -1.89. The third-order valence-electron chi connectivity index (χ3n) is 3.02. The lowest BCUT2D eigenvalue weighted by molar-refractivity contribution is 0.912. The Morgan fingerprint density at radius 2 is 1.94 bits per heavy atom. The van der Waals surface area contributed by atoms with Gasteiger partial charge in [0, 0.05) is 11.8 Å². The van der Waals surface area contributed by atoms with Gasteiger partial charge in [-0.15, -0.1) is 0 Å². The van der Waals surface area contributed by atoms with Crippen LogP contribution in [0.5, 0.6) is 0 Å². The van der Waals surface area contributed by atoms with Crippen molar-refractivity contribution >= 4 is 11.6 Å². The Bertz CT molecular complexity index is 537. The maximum Gasteiger partial charge on any atom is 0.222 e. The first-order valence-corrected chi connectivity index (χ1v) is 5.81. The molecule has 0 bridgehead atoms. The average molecular weight is 231 g/mol. The third kappa shape index (κ3) is 1.69. The summed E-state index contributed by atoms with van der Waals surface area (Å²) in [5.74, 6) is 0. The van der Waals surface area contributed by atoms with Crippen LogP contribution in [0.2, 0.25) is 5.28 Å². The molecule has 0 saturated heterocycles. The van der Waals surface area contributed by atoms with Crippen LogP contribution in [0, 0.1) is 0 Å². The SMILES string of the molecule is Clc1nccc(-c2ccc3c(c2)CCC3)n1. The molecule has 0 amide bonds. The highest BCUT2D eigenvalue weighted by molar-refractivity contribution is 6.28. The van der Waals surface area contributed by atoms with E-state index in [1.165, 1.54) is 30.4 Å². The number of aryl methyl sites for hydroxylation is 2. The first kappa shape index (κ1) is 9.79. The number of hydrogen-bond acceptors (Lipinski definition) is 2. The molecule has 0 saturated carbocycles. The molecule has 1 aliphatic rings. The van der Waals surface area contributed by atoms with Gasteiger partial charge in [0.1, 0.15) is 0 Å². The van der Waals surface area contributed by atoms with E-state index in [4.69, 9.17) is 11.6 Å². The molecule has 1 aliphatic carbocycles. The van der Waals surface area contributed by atoms with Crippen LogP contribution in [0.1, 0.15) is 17.5 Å². The van der Waals surface area contributed by atoms with E-state index in [1.807, 2.05) is 6.07 Å². The molecule has 1 aromatic carbocycles. The summed E-state index contributed by atoms with van der Waals surface area (Å²) in [4.78, 5) is 8.12. The Hall–Kier alpha value is -1.41. The summed E-state index contributed by atoms with van der Waals surface area (Å²) >= 11 is 5.79. The number of rotatable bonds is 1. The average Bonchev–Trinajstić information content (AvgIpc) is 2.75. The predicted molar refractivity (Wildman–Crippen MR) is 64.5 cm³/mol. The highest BCUT2D eigenvalue weighted by atomic mass is 35.5. The molecule has 1 heterocycles. The molecule has 0 radical (unpaired) electrons. The molecule has 3 rings (SSSR count). The van der Waals surface area contributed by atoms with Crippen LogP contribution in [0.15, 0.2) is 30.5 Å². The standard InChI is InChI=1S/C13H11ClN2/c14-13-15-7-6-12(16-13)11-5-4-9-2-1-3-10(9)8-11/h4-8H,1-3H2. The van der Waals surface area contributed by atoms with Crippen molar-refractivity contribution in [2.45, 2.75) is 19.3 Å². The van der Waals surface area contributed by atoms with Gasteiger partial charge in [-0.1, -0.05) is 12.1 Å². The molecule has 2 aromatic rings. The van der Waals surface area contributed by atoms with Gasteiger partial charge in [0.15, 0.2) is 0 Å². The van der Waals surface area contributed by atoms with Gasteiger partial charge in [0.25, 0.3) is 0 Å². The summed E-state index contributed by atoms with van der Waals surface area (Å²) in [7, 11) is 0. The van der Waals surface area contributed by atoms with E-state index in [9.17, 15) is 0 Å². The second kappa shape index (κ2) is 3.87.